The molecule has 0 amide bonds. The highest BCUT2D eigenvalue weighted by Gasteiger charge is 2.37. The van der Waals surface area contributed by atoms with Crippen molar-refractivity contribution in [2.24, 2.45) is 0 Å². The van der Waals surface area contributed by atoms with Crippen molar-refractivity contribution in [3.63, 3.8) is 0 Å². The third-order valence-electron chi connectivity index (χ3n) is 5.30. The molecule has 0 unspecified atom stereocenters. The molecular weight excluding hydrogens is 418 g/mol. The normalized spacial score (nSPS) is 19.8. The Kier molecular flexibility index (Phi) is 4.93. The number of rotatable bonds is 5. The van der Waals surface area contributed by atoms with Gasteiger partial charge in [-0.15, -0.1) is 0 Å². The van der Waals surface area contributed by atoms with Gasteiger partial charge < -0.3 is 4.52 Å². The van der Waals surface area contributed by atoms with Gasteiger partial charge in [-0.25, -0.2) is 23.1 Å². The minimum atomic E-state index is -3.76. The molecule has 1 aliphatic heterocycles. The lowest BCUT2D eigenvalue weighted by Crippen LogP contribution is -2.36. The molecule has 31 heavy (non-hydrogen) atoms. The average Bonchev–Trinajstić information content (AvgIpc) is 3.40. The summed E-state index contributed by atoms with van der Waals surface area (Å²) in [6, 6.07) is 8.23. The van der Waals surface area contributed by atoms with E-state index in [1.807, 2.05) is 24.1 Å². The summed E-state index contributed by atoms with van der Waals surface area (Å²) in [5, 5.41) is 4.78. The van der Waals surface area contributed by atoms with E-state index >= 15 is 0 Å². The van der Waals surface area contributed by atoms with E-state index in [0.717, 1.165) is 5.39 Å². The first kappa shape index (κ1) is 19.7. The Labute approximate surface area is 178 Å². The van der Waals surface area contributed by atoms with E-state index < -0.39 is 10.0 Å². The molecule has 5 rings (SSSR count). The van der Waals surface area contributed by atoms with Gasteiger partial charge in [0.05, 0.1) is 17.1 Å². The molecule has 10 nitrogen and oxygen atoms in total. The first-order valence-electron chi connectivity index (χ1n) is 9.66. The molecule has 11 heteroatoms. The number of nitrogens with one attached hydrogen (secondary N) is 1. The van der Waals surface area contributed by atoms with Crippen LogP contribution in [0.2, 0.25) is 0 Å². The number of fused-ring (bicyclic) bond motifs is 1. The monoisotopic (exact) mass is 437 g/mol. The van der Waals surface area contributed by atoms with Crippen molar-refractivity contribution in [1.82, 2.24) is 34.7 Å². The lowest BCUT2D eigenvalue weighted by Gasteiger charge is -2.14. The fraction of sp³-hybridized carbons (Fsp3) is 0.250. The molecule has 0 radical (unpaired) electrons. The molecule has 3 aromatic heterocycles. The summed E-state index contributed by atoms with van der Waals surface area (Å²) in [6.07, 6.45) is 6.73. The number of aromatic nitrogens is 5. The second kappa shape index (κ2) is 7.76. The number of para-hydroxylation sites is 1. The zero-order valence-electron chi connectivity index (χ0n) is 16.6. The molecule has 4 aromatic rings. The SMILES string of the molecule is CN1C[C@@H](NS(=O)(=O)c2cccc3cccnc23)C[C@H]1c1nc(-c2cncnc2)no1. The number of hydrogen-bond acceptors (Lipinski definition) is 9. The van der Waals surface area contributed by atoms with Gasteiger partial charge in [-0.05, 0) is 25.6 Å². The molecule has 1 N–H and O–H groups in total. The Bertz CT molecular complexity index is 1320. The number of pyridine rings is 1. The maximum atomic E-state index is 13.1. The van der Waals surface area contributed by atoms with E-state index in [-0.39, 0.29) is 17.0 Å². The quantitative estimate of drug-likeness (QED) is 0.497. The molecule has 0 saturated carbocycles. The van der Waals surface area contributed by atoms with Crippen LogP contribution < -0.4 is 4.72 Å². The van der Waals surface area contributed by atoms with Crippen molar-refractivity contribution in [1.29, 1.82) is 0 Å². The van der Waals surface area contributed by atoms with E-state index in [2.05, 4.69) is 29.8 Å². The second-order valence-electron chi connectivity index (χ2n) is 7.42. The molecule has 0 spiro atoms. The molecule has 2 atom stereocenters. The van der Waals surface area contributed by atoms with Crippen molar-refractivity contribution in [2.45, 2.75) is 23.4 Å². The number of benzene rings is 1. The molecular formula is C20H19N7O3S. The topological polar surface area (TPSA) is 127 Å². The average molecular weight is 437 g/mol. The van der Waals surface area contributed by atoms with Crippen molar-refractivity contribution >= 4 is 20.9 Å². The molecule has 1 saturated heterocycles. The molecule has 0 bridgehead atoms. The van der Waals surface area contributed by atoms with E-state index in [1.54, 1.807) is 36.8 Å². The Morgan fingerprint density at radius 3 is 2.81 bits per heavy atom. The van der Waals surface area contributed by atoms with Crippen LogP contribution in [0.3, 0.4) is 0 Å². The highest BCUT2D eigenvalue weighted by atomic mass is 32.2. The van der Waals surface area contributed by atoms with E-state index in [1.165, 1.54) is 6.33 Å². The zero-order chi connectivity index (χ0) is 21.4. The van der Waals surface area contributed by atoms with Crippen LogP contribution in [-0.4, -0.2) is 58.0 Å². The molecule has 1 fully saturated rings. The third-order valence-corrected chi connectivity index (χ3v) is 6.85. The minimum Gasteiger partial charge on any atom is -0.337 e. The van der Waals surface area contributed by atoms with Crippen molar-refractivity contribution in [3.05, 3.63) is 61.1 Å². The predicted molar refractivity (Wildman–Crippen MR) is 111 cm³/mol. The number of nitrogens with zero attached hydrogens (tertiary/aromatic N) is 6. The van der Waals surface area contributed by atoms with Gasteiger partial charge in [-0.3, -0.25) is 9.88 Å². The summed E-state index contributed by atoms with van der Waals surface area (Å²) in [7, 11) is -1.86. The van der Waals surface area contributed by atoms with Crippen molar-refractivity contribution < 1.29 is 12.9 Å². The Balaban J connectivity index is 1.36. The smallest absolute Gasteiger partial charge is 0.244 e. The third kappa shape index (κ3) is 3.78. The van der Waals surface area contributed by atoms with Gasteiger partial charge in [-0.2, -0.15) is 4.98 Å². The lowest BCUT2D eigenvalue weighted by molar-refractivity contribution is 0.244. The summed E-state index contributed by atoms with van der Waals surface area (Å²) in [5.74, 6) is 0.824. The van der Waals surface area contributed by atoms with Crippen LogP contribution >= 0.6 is 0 Å². The first-order chi connectivity index (χ1) is 15.0. The standard InChI is InChI=1S/C20H19N7O3S/c1-27-11-15(8-16(27)20-24-19(25-30-20)14-9-21-12-22-10-14)26-31(28,29)17-6-2-4-13-5-3-7-23-18(13)17/h2-7,9-10,12,15-16,26H,8,11H2,1H3/t15-,16-/m0/s1. The number of sulfonamides is 1. The Morgan fingerprint density at radius 2 is 1.97 bits per heavy atom. The molecule has 1 aliphatic rings. The highest BCUT2D eigenvalue weighted by Crippen LogP contribution is 2.32. The van der Waals surface area contributed by atoms with Gasteiger partial charge in [0.1, 0.15) is 11.2 Å². The number of hydrogen-bond donors (Lipinski definition) is 1. The first-order valence-corrected chi connectivity index (χ1v) is 11.1. The summed E-state index contributed by atoms with van der Waals surface area (Å²) < 4.78 is 34.5. The zero-order valence-corrected chi connectivity index (χ0v) is 17.4. The fourth-order valence-corrected chi connectivity index (χ4v) is 5.27. The lowest BCUT2D eigenvalue weighted by atomic mass is 10.2. The van der Waals surface area contributed by atoms with Crippen molar-refractivity contribution in [3.8, 4) is 11.4 Å². The largest absolute Gasteiger partial charge is 0.337 e. The maximum Gasteiger partial charge on any atom is 0.244 e. The van der Waals surface area contributed by atoms with Gasteiger partial charge >= 0.3 is 0 Å². The van der Waals surface area contributed by atoms with Gasteiger partial charge in [-0.1, -0.05) is 23.4 Å². The number of likely N-dealkylation sites (N-methyl/N-ethyl adjacent to an activating group) is 1. The van der Waals surface area contributed by atoms with Gasteiger partial charge in [0, 0.05) is 36.6 Å². The van der Waals surface area contributed by atoms with Gasteiger partial charge in [0.25, 0.3) is 0 Å². The van der Waals surface area contributed by atoms with E-state index in [4.69, 9.17) is 4.52 Å². The summed E-state index contributed by atoms with van der Waals surface area (Å²) in [4.78, 5) is 18.8. The second-order valence-corrected chi connectivity index (χ2v) is 9.11. The van der Waals surface area contributed by atoms with Crippen LogP contribution in [0.1, 0.15) is 18.4 Å². The summed E-state index contributed by atoms with van der Waals surface area (Å²) in [6.45, 7) is 0.508. The van der Waals surface area contributed by atoms with Crippen LogP contribution in [-0.2, 0) is 10.0 Å². The number of likely N-dealkylation sites (tertiary alicyclic amines) is 1. The van der Waals surface area contributed by atoms with Crippen LogP contribution in [0, 0.1) is 0 Å². The highest BCUT2D eigenvalue weighted by molar-refractivity contribution is 7.89. The van der Waals surface area contributed by atoms with Crippen LogP contribution in [0.25, 0.3) is 22.3 Å². The van der Waals surface area contributed by atoms with Crippen molar-refractivity contribution in [2.75, 3.05) is 13.6 Å². The molecule has 158 valence electrons. The predicted octanol–water partition coefficient (Wildman–Crippen LogP) is 1.80. The van der Waals surface area contributed by atoms with E-state index in [0.29, 0.717) is 35.8 Å². The van der Waals surface area contributed by atoms with Crippen LogP contribution in [0.4, 0.5) is 0 Å². The van der Waals surface area contributed by atoms with Crippen LogP contribution in [0.5, 0.6) is 0 Å². The summed E-state index contributed by atoms with van der Waals surface area (Å²) in [5.41, 5.74) is 1.10. The summed E-state index contributed by atoms with van der Waals surface area (Å²) >= 11 is 0. The molecule has 0 aliphatic carbocycles. The maximum absolute atomic E-state index is 13.1. The molecule has 1 aromatic carbocycles. The van der Waals surface area contributed by atoms with Gasteiger partial charge in [0.2, 0.25) is 21.7 Å². The van der Waals surface area contributed by atoms with Gasteiger partial charge in [0.15, 0.2) is 0 Å². The minimum absolute atomic E-state index is 0.167. The van der Waals surface area contributed by atoms with Crippen LogP contribution in [0.15, 0.2) is 64.7 Å². The molecule has 4 heterocycles. The fourth-order valence-electron chi connectivity index (χ4n) is 3.85. The van der Waals surface area contributed by atoms with E-state index in [9.17, 15) is 8.42 Å². The Hall–Kier alpha value is -3.28. The Morgan fingerprint density at radius 1 is 1.16 bits per heavy atom.